The molecule has 4 heteroatoms. The van der Waals surface area contributed by atoms with Gasteiger partial charge in [-0.2, -0.15) is 0 Å². The van der Waals surface area contributed by atoms with Gasteiger partial charge in [-0.1, -0.05) is 25.1 Å². The van der Waals surface area contributed by atoms with Gasteiger partial charge in [0.2, 0.25) is 0 Å². The fourth-order valence-corrected chi connectivity index (χ4v) is 3.00. The third-order valence-corrected chi connectivity index (χ3v) is 4.39. The molecule has 2 nitrogen and oxygen atoms in total. The maximum absolute atomic E-state index is 13.5. The molecule has 1 atom stereocenters. The molecule has 2 aromatic carbocycles. The van der Waals surface area contributed by atoms with Gasteiger partial charge < -0.3 is 10.5 Å². The monoisotopic (exact) mass is 351 g/mol. The number of halogens is 2. The predicted octanol–water partition coefficient (Wildman–Crippen LogP) is 4.40. The van der Waals surface area contributed by atoms with Crippen molar-refractivity contribution in [3.8, 4) is 5.75 Å². The van der Waals surface area contributed by atoms with E-state index in [0.29, 0.717) is 6.42 Å². The van der Waals surface area contributed by atoms with Gasteiger partial charge in [-0.15, -0.1) is 0 Å². The summed E-state index contributed by atoms with van der Waals surface area (Å²) < 4.78 is 19.6. The van der Waals surface area contributed by atoms with Crippen molar-refractivity contribution in [3.63, 3.8) is 0 Å². The molecule has 2 N–H and O–H groups in total. The lowest BCUT2D eigenvalue weighted by atomic mass is 9.82. The highest BCUT2D eigenvalue weighted by atomic mass is 79.9. The summed E-state index contributed by atoms with van der Waals surface area (Å²) in [5, 5.41) is 0. The van der Waals surface area contributed by atoms with Crippen LogP contribution >= 0.6 is 15.9 Å². The highest BCUT2D eigenvalue weighted by Crippen LogP contribution is 2.31. The zero-order chi connectivity index (χ0) is 15.5. The van der Waals surface area contributed by atoms with E-state index in [0.717, 1.165) is 27.8 Å². The van der Waals surface area contributed by atoms with Crippen LogP contribution in [-0.2, 0) is 12.0 Å². The minimum Gasteiger partial charge on any atom is -0.496 e. The molecule has 0 fully saturated rings. The molecular weight excluding hydrogens is 333 g/mol. The maximum Gasteiger partial charge on any atom is 0.133 e. The molecule has 1 unspecified atom stereocenters. The first kappa shape index (κ1) is 16.0. The lowest BCUT2D eigenvalue weighted by Gasteiger charge is -2.29. The van der Waals surface area contributed by atoms with E-state index in [2.05, 4.69) is 15.9 Å². The topological polar surface area (TPSA) is 35.2 Å². The SMILES string of the molecule is CCC(N)(Cc1ccc(OC)c(Br)c1)c1cccc(F)c1. The van der Waals surface area contributed by atoms with Crippen LogP contribution in [0, 0.1) is 5.82 Å². The van der Waals surface area contributed by atoms with Crippen molar-refractivity contribution >= 4 is 15.9 Å². The molecular formula is C17H19BrFNO. The lowest BCUT2D eigenvalue weighted by molar-refractivity contribution is 0.409. The molecule has 0 aromatic heterocycles. The summed E-state index contributed by atoms with van der Waals surface area (Å²) in [5.74, 6) is 0.523. The van der Waals surface area contributed by atoms with Gasteiger partial charge in [-0.3, -0.25) is 0 Å². The van der Waals surface area contributed by atoms with E-state index in [1.165, 1.54) is 12.1 Å². The van der Waals surface area contributed by atoms with E-state index < -0.39 is 5.54 Å². The molecule has 0 saturated carbocycles. The Morgan fingerprint density at radius 2 is 2.00 bits per heavy atom. The number of rotatable bonds is 5. The Labute approximate surface area is 133 Å². The zero-order valence-corrected chi connectivity index (χ0v) is 13.8. The number of hydrogen-bond acceptors (Lipinski definition) is 2. The van der Waals surface area contributed by atoms with E-state index in [-0.39, 0.29) is 5.82 Å². The van der Waals surface area contributed by atoms with Gasteiger partial charge in [0, 0.05) is 5.54 Å². The number of nitrogens with two attached hydrogens (primary N) is 1. The van der Waals surface area contributed by atoms with Crippen molar-refractivity contribution < 1.29 is 9.13 Å². The highest BCUT2D eigenvalue weighted by Gasteiger charge is 2.26. The van der Waals surface area contributed by atoms with Crippen LogP contribution in [0.1, 0.15) is 24.5 Å². The van der Waals surface area contributed by atoms with Gasteiger partial charge in [0.15, 0.2) is 0 Å². The Morgan fingerprint density at radius 1 is 1.24 bits per heavy atom. The second-order valence-electron chi connectivity index (χ2n) is 5.17. The van der Waals surface area contributed by atoms with Crippen LogP contribution in [0.15, 0.2) is 46.9 Å². The summed E-state index contributed by atoms with van der Waals surface area (Å²) in [6.07, 6.45) is 1.36. The van der Waals surface area contributed by atoms with Crippen LogP contribution in [-0.4, -0.2) is 7.11 Å². The van der Waals surface area contributed by atoms with Gasteiger partial charge in [0.05, 0.1) is 11.6 Å². The molecule has 0 spiro atoms. The Hall–Kier alpha value is -1.39. The molecule has 112 valence electrons. The van der Waals surface area contributed by atoms with Crippen molar-refractivity contribution in [2.75, 3.05) is 7.11 Å². The van der Waals surface area contributed by atoms with Gasteiger partial charge in [-0.05, 0) is 64.2 Å². The van der Waals surface area contributed by atoms with Crippen molar-refractivity contribution in [3.05, 3.63) is 63.9 Å². The fourth-order valence-electron chi connectivity index (χ4n) is 2.41. The predicted molar refractivity (Wildman–Crippen MR) is 87.0 cm³/mol. The smallest absolute Gasteiger partial charge is 0.133 e. The normalized spacial score (nSPS) is 13.8. The van der Waals surface area contributed by atoms with E-state index in [1.807, 2.05) is 31.2 Å². The first-order chi connectivity index (χ1) is 9.98. The Kier molecular flexibility index (Phi) is 5.01. The highest BCUT2D eigenvalue weighted by molar-refractivity contribution is 9.10. The van der Waals surface area contributed by atoms with Crippen molar-refractivity contribution in [1.82, 2.24) is 0 Å². The summed E-state index contributed by atoms with van der Waals surface area (Å²) in [5.41, 5.74) is 7.84. The number of ether oxygens (including phenoxy) is 1. The maximum atomic E-state index is 13.5. The van der Waals surface area contributed by atoms with Crippen LogP contribution in [0.5, 0.6) is 5.75 Å². The molecule has 0 aliphatic carbocycles. The number of hydrogen-bond donors (Lipinski definition) is 1. The Morgan fingerprint density at radius 3 is 2.57 bits per heavy atom. The van der Waals surface area contributed by atoms with Crippen molar-refractivity contribution in [2.45, 2.75) is 25.3 Å². The van der Waals surface area contributed by atoms with Crippen LogP contribution in [0.4, 0.5) is 4.39 Å². The molecule has 0 bridgehead atoms. The molecule has 0 heterocycles. The van der Waals surface area contributed by atoms with Gasteiger partial charge in [-0.25, -0.2) is 4.39 Å². The van der Waals surface area contributed by atoms with Crippen molar-refractivity contribution in [1.29, 1.82) is 0 Å². The Balaban J connectivity index is 2.32. The van der Waals surface area contributed by atoms with Crippen LogP contribution < -0.4 is 10.5 Å². The molecule has 0 radical (unpaired) electrons. The van der Waals surface area contributed by atoms with E-state index in [4.69, 9.17) is 10.5 Å². The second kappa shape index (κ2) is 6.58. The second-order valence-corrected chi connectivity index (χ2v) is 6.02. The van der Waals surface area contributed by atoms with E-state index >= 15 is 0 Å². The van der Waals surface area contributed by atoms with Crippen molar-refractivity contribution in [2.24, 2.45) is 5.73 Å². The summed E-state index contributed by atoms with van der Waals surface area (Å²) in [7, 11) is 1.63. The van der Waals surface area contributed by atoms with E-state index in [9.17, 15) is 4.39 Å². The quantitative estimate of drug-likeness (QED) is 0.866. The third kappa shape index (κ3) is 3.63. The van der Waals surface area contributed by atoms with Gasteiger partial charge in [0.25, 0.3) is 0 Å². The molecule has 2 rings (SSSR count). The molecule has 21 heavy (non-hydrogen) atoms. The molecule has 0 aliphatic rings. The molecule has 2 aromatic rings. The summed E-state index contributed by atoms with van der Waals surface area (Å²) in [6.45, 7) is 2.02. The van der Waals surface area contributed by atoms with Gasteiger partial charge in [0.1, 0.15) is 11.6 Å². The van der Waals surface area contributed by atoms with Crippen LogP contribution in [0.25, 0.3) is 0 Å². The molecule has 0 aliphatic heterocycles. The summed E-state index contributed by atoms with van der Waals surface area (Å²) in [6, 6.07) is 12.4. The average molecular weight is 352 g/mol. The van der Waals surface area contributed by atoms with Gasteiger partial charge >= 0.3 is 0 Å². The van der Waals surface area contributed by atoms with E-state index in [1.54, 1.807) is 13.2 Å². The van der Waals surface area contributed by atoms with Crippen LogP contribution in [0.3, 0.4) is 0 Å². The average Bonchev–Trinajstić information content (AvgIpc) is 2.47. The van der Waals surface area contributed by atoms with Crippen LogP contribution in [0.2, 0.25) is 0 Å². The number of methoxy groups -OCH3 is 1. The third-order valence-electron chi connectivity index (χ3n) is 3.77. The standard InChI is InChI=1S/C17H19BrFNO/c1-3-17(20,13-5-4-6-14(19)10-13)11-12-7-8-16(21-2)15(18)9-12/h4-10H,3,11,20H2,1-2H3. The zero-order valence-electron chi connectivity index (χ0n) is 12.2. The number of benzene rings is 2. The lowest BCUT2D eigenvalue weighted by Crippen LogP contribution is -2.38. The summed E-state index contributed by atoms with van der Waals surface area (Å²) >= 11 is 3.48. The summed E-state index contributed by atoms with van der Waals surface area (Å²) in [4.78, 5) is 0. The minimum absolute atomic E-state index is 0.258. The first-order valence-electron chi connectivity index (χ1n) is 6.86. The largest absolute Gasteiger partial charge is 0.496 e. The Bertz CT molecular complexity index is 632. The fraction of sp³-hybridized carbons (Fsp3) is 0.294. The first-order valence-corrected chi connectivity index (χ1v) is 7.65. The minimum atomic E-state index is -0.587. The molecule has 0 saturated heterocycles. The molecule has 0 amide bonds.